The van der Waals surface area contributed by atoms with Crippen LogP contribution in [-0.4, -0.2) is 23.7 Å². The van der Waals surface area contributed by atoms with Gasteiger partial charge in [-0.25, -0.2) is 13.2 Å². The number of hydrogen-bond donors (Lipinski definition) is 2. The van der Waals surface area contributed by atoms with Crippen molar-refractivity contribution in [2.45, 2.75) is 33.2 Å². The molecule has 0 saturated carbocycles. The molecule has 20 heavy (non-hydrogen) atoms. The average Bonchev–Trinajstić information content (AvgIpc) is 2.25. The molecule has 1 rings (SSSR count). The summed E-state index contributed by atoms with van der Waals surface area (Å²) < 4.78 is 39.8. The highest BCUT2D eigenvalue weighted by atomic mass is 19.1. The minimum absolute atomic E-state index is 0.170. The second kappa shape index (κ2) is 6.26. The van der Waals surface area contributed by atoms with E-state index in [2.05, 4.69) is 5.32 Å². The lowest BCUT2D eigenvalue weighted by Crippen LogP contribution is -2.44. The third-order valence-electron chi connectivity index (χ3n) is 3.00. The Hall–Kier alpha value is -1.56. The van der Waals surface area contributed by atoms with Crippen LogP contribution in [0.5, 0.6) is 0 Å². The Morgan fingerprint density at radius 1 is 1.25 bits per heavy atom. The Bertz CT molecular complexity index is 475. The summed E-state index contributed by atoms with van der Waals surface area (Å²) in [6, 6.07) is 0.440. The number of aliphatic hydroxyl groups excluding tert-OH is 1. The summed E-state index contributed by atoms with van der Waals surface area (Å²) >= 11 is 0. The zero-order valence-corrected chi connectivity index (χ0v) is 11.6. The van der Waals surface area contributed by atoms with Crippen LogP contribution in [0.25, 0.3) is 0 Å². The van der Waals surface area contributed by atoms with Gasteiger partial charge in [0.1, 0.15) is 23.0 Å². The molecule has 1 amide bonds. The quantitative estimate of drug-likeness (QED) is 0.895. The predicted molar refractivity (Wildman–Crippen MR) is 68.7 cm³/mol. The van der Waals surface area contributed by atoms with E-state index in [9.17, 15) is 18.0 Å². The molecule has 1 aromatic rings. The number of carbonyl (C=O) groups excluding carboxylic acids is 1. The van der Waals surface area contributed by atoms with Gasteiger partial charge in [0.25, 0.3) is 5.91 Å². The van der Waals surface area contributed by atoms with Crippen LogP contribution in [0.2, 0.25) is 0 Å². The van der Waals surface area contributed by atoms with Crippen LogP contribution < -0.4 is 5.32 Å². The molecule has 0 radical (unpaired) electrons. The Morgan fingerprint density at radius 2 is 1.75 bits per heavy atom. The van der Waals surface area contributed by atoms with Crippen molar-refractivity contribution in [2.75, 3.05) is 6.61 Å². The molecule has 1 unspecified atom stereocenters. The van der Waals surface area contributed by atoms with E-state index < -0.39 is 40.4 Å². The van der Waals surface area contributed by atoms with Crippen LogP contribution in [0.1, 0.15) is 37.6 Å². The zero-order valence-electron chi connectivity index (χ0n) is 11.6. The molecular weight excluding hydrogens is 271 g/mol. The van der Waals surface area contributed by atoms with Crippen LogP contribution in [0, 0.1) is 22.9 Å². The smallest absolute Gasteiger partial charge is 0.257 e. The largest absolute Gasteiger partial charge is 0.396 e. The lowest BCUT2D eigenvalue weighted by molar-refractivity contribution is 0.0876. The second-order valence-corrected chi connectivity index (χ2v) is 5.65. The van der Waals surface area contributed by atoms with E-state index >= 15 is 0 Å². The van der Waals surface area contributed by atoms with Gasteiger partial charge in [0, 0.05) is 24.8 Å². The summed E-state index contributed by atoms with van der Waals surface area (Å²) in [4.78, 5) is 11.9. The van der Waals surface area contributed by atoms with Crippen molar-refractivity contribution in [3.8, 4) is 0 Å². The summed E-state index contributed by atoms with van der Waals surface area (Å²) in [6.45, 7) is 5.30. The molecule has 6 heteroatoms. The van der Waals surface area contributed by atoms with Crippen molar-refractivity contribution < 1.29 is 23.1 Å². The second-order valence-electron chi connectivity index (χ2n) is 5.65. The van der Waals surface area contributed by atoms with Crippen LogP contribution in [-0.2, 0) is 0 Å². The van der Waals surface area contributed by atoms with E-state index in [4.69, 9.17) is 5.11 Å². The Morgan fingerprint density at radius 3 is 2.15 bits per heavy atom. The van der Waals surface area contributed by atoms with Gasteiger partial charge in [0.05, 0.1) is 0 Å². The molecule has 0 bridgehead atoms. The van der Waals surface area contributed by atoms with Crippen molar-refractivity contribution in [2.24, 2.45) is 5.41 Å². The molecule has 0 aromatic heterocycles. The Kier molecular flexibility index (Phi) is 5.16. The third-order valence-corrected chi connectivity index (χ3v) is 3.00. The maximum absolute atomic E-state index is 13.5. The third kappa shape index (κ3) is 3.96. The van der Waals surface area contributed by atoms with E-state index in [0.29, 0.717) is 12.1 Å². The molecule has 3 nitrogen and oxygen atoms in total. The maximum Gasteiger partial charge on any atom is 0.257 e. The lowest BCUT2D eigenvalue weighted by atomic mass is 9.84. The van der Waals surface area contributed by atoms with Gasteiger partial charge in [-0.15, -0.1) is 0 Å². The van der Waals surface area contributed by atoms with Gasteiger partial charge in [-0.3, -0.25) is 4.79 Å². The fourth-order valence-corrected chi connectivity index (χ4v) is 1.84. The lowest BCUT2D eigenvalue weighted by Gasteiger charge is -2.31. The first-order valence-corrected chi connectivity index (χ1v) is 6.23. The van der Waals surface area contributed by atoms with E-state index in [-0.39, 0.29) is 13.0 Å². The number of amides is 1. The average molecular weight is 289 g/mol. The molecule has 0 aliphatic rings. The summed E-state index contributed by atoms with van der Waals surface area (Å²) in [7, 11) is 0. The van der Waals surface area contributed by atoms with Crippen molar-refractivity contribution in [1.29, 1.82) is 0 Å². The van der Waals surface area contributed by atoms with E-state index in [0.717, 1.165) is 0 Å². The van der Waals surface area contributed by atoms with Gasteiger partial charge in [-0.2, -0.15) is 0 Å². The molecule has 1 aromatic carbocycles. The number of aliphatic hydroxyl groups is 1. The Balaban J connectivity index is 3.01. The summed E-state index contributed by atoms with van der Waals surface area (Å²) in [5.41, 5.74) is -1.22. The van der Waals surface area contributed by atoms with E-state index in [1.165, 1.54) is 0 Å². The predicted octanol–water partition coefficient (Wildman–Crippen LogP) is 2.63. The molecule has 0 spiro atoms. The van der Waals surface area contributed by atoms with Gasteiger partial charge in [0.2, 0.25) is 0 Å². The number of nitrogens with one attached hydrogen (secondary N) is 1. The highest BCUT2D eigenvalue weighted by Crippen LogP contribution is 2.23. The normalized spacial score (nSPS) is 13.2. The van der Waals surface area contributed by atoms with Crippen molar-refractivity contribution in [3.63, 3.8) is 0 Å². The van der Waals surface area contributed by atoms with E-state index in [1.54, 1.807) is 0 Å². The SMILES string of the molecule is CC(C)(C)C(CCO)NC(=O)c1c(F)cc(F)cc1F. The summed E-state index contributed by atoms with van der Waals surface area (Å²) in [6.07, 6.45) is 0.250. The first-order valence-electron chi connectivity index (χ1n) is 6.23. The molecular formula is C14H18F3NO2. The van der Waals surface area contributed by atoms with Gasteiger partial charge in [-0.1, -0.05) is 20.8 Å². The highest BCUT2D eigenvalue weighted by Gasteiger charge is 2.28. The Labute approximate surface area is 115 Å². The standard InChI is InChI=1S/C14H18F3NO2/c1-14(2,3)11(4-5-19)18-13(20)12-9(16)6-8(15)7-10(12)17/h6-7,11,19H,4-5H2,1-3H3,(H,18,20). The summed E-state index contributed by atoms with van der Waals surface area (Å²) in [5, 5.41) is 11.5. The molecule has 0 saturated heterocycles. The molecule has 0 fully saturated rings. The fourth-order valence-electron chi connectivity index (χ4n) is 1.84. The zero-order chi connectivity index (χ0) is 15.5. The number of rotatable bonds is 4. The molecule has 0 aliphatic heterocycles. The number of halogens is 3. The van der Waals surface area contributed by atoms with Gasteiger partial charge in [0.15, 0.2) is 0 Å². The molecule has 2 N–H and O–H groups in total. The minimum Gasteiger partial charge on any atom is -0.396 e. The van der Waals surface area contributed by atoms with Crippen LogP contribution in [0.3, 0.4) is 0 Å². The van der Waals surface area contributed by atoms with Gasteiger partial charge >= 0.3 is 0 Å². The van der Waals surface area contributed by atoms with Crippen molar-refractivity contribution in [3.05, 3.63) is 35.1 Å². The maximum atomic E-state index is 13.5. The topological polar surface area (TPSA) is 49.3 Å². The number of hydrogen-bond acceptors (Lipinski definition) is 2. The van der Waals surface area contributed by atoms with E-state index in [1.807, 2.05) is 20.8 Å². The van der Waals surface area contributed by atoms with Gasteiger partial charge in [-0.05, 0) is 11.8 Å². The first-order chi connectivity index (χ1) is 9.16. The van der Waals surface area contributed by atoms with Crippen molar-refractivity contribution in [1.82, 2.24) is 5.32 Å². The van der Waals surface area contributed by atoms with Crippen LogP contribution in [0.15, 0.2) is 12.1 Å². The minimum atomic E-state index is -1.25. The van der Waals surface area contributed by atoms with Crippen LogP contribution in [0.4, 0.5) is 13.2 Å². The van der Waals surface area contributed by atoms with Crippen LogP contribution >= 0.6 is 0 Å². The molecule has 0 aliphatic carbocycles. The first kappa shape index (κ1) is 16.5. The fraction of sp³-hybridized carbons (Fsp3) is 0.500. The molecule has 0 heterocycles. The monoisotopic (exact) mass is 289 g/mol. The summed E-state index contributed by atoms with van der Waals surface area (Å²) in [5.74, 6) is -4.55. The van der Waals surface area contributed by atoms with Crippen molar-refractivity contribution >= 4 is 5.91 Å². The number of carbonyl (C=O) groups is 1. The van der Waals surface area contributed by atoms with Gasteiger partial charge < -0.3 is 10.4 Å². The highest BCUT2D eigenvalue weighted by molar-refractivity contribution is 5.95. The molecule has 112 valence electrons. The number of benzene rings is 1. The molecule has 1 atom stereocenters.